The number of methoxy groups -OCH3 is 1. The van der Waals surface area contributed by atoms with Crippen molar-refractivity contribution in [2.75, 3.05) is 12.8 Å². The van der Waals surface area contributed by atoms with Crippen molar-refractivity contribution >= 4 is 5.82 Å². The van der Waals surface area contributed by atoms with Crippen LogP contribution in [0.2, 0.25) is 0 Å². The van der Waals surface area contributed by atoms with Crippen molar-refractivity contribution in [1.82, 2.24) is 9.78 Å². The molecular weight excluding hydrogens is 221 g/mol. The van der Waals surface area contributed by atoms with Crippen LogP contribution >= 0.6 is 0 Å². The Morgan fingerprint density at radius 3 is 2.59 bits per heavy atom. The molecule has 2 N–H and O–H groups in total. The highest BCUT2D eigenvalue weighted by atomic mass is 19.1. The van der Waals surface area contributed by atoms with E-state index >= 15 is 0 Å². The van der Waals surface area contributed by atoms with Crippen LogP contribution in [0.1, 0.15) is 5.56 Å². The van der Waals surface area contributed by atoms with Gasteiger partial charge in [-0.1, -0.05) is 0 Å². The highest BCUT2D eigenvalue weighted by molar-refractivity contribution is 5.69. The van der Waals surface area contributed by atoms with E-state index in [1.54, 1.807) is 19.2 Å². The summed E-state index contributed by atoms with van der Waals surface area (Å²) in [6.45, 7) is 1.82. The number of halogens is 1. The molecule has 5 heteroatoms. The van der Waals surface area contributed by atoms with Gasteiger partial charge in [-0.05, 0) is 19.1 Å². The predicted molar refractivity (Wildman–Crippen MR) is 64.3 cm³/mol. The molecule has 0 aliphatic carbocycles. The smallest absolute Gasteiger partial charge is 0.136 e. The minimum absolute atomic E-state index is 0.370. The van der Waals surface area contributed by atoms with Gasteiger partial charge in [0.25, 0.3) is 0 Å². The number of aromatic nitrogens is 2. The van der Waals surface area contributed by atoms with Crippen LogP contribution in [0.5, 0.6) is 5.75 Å². The van der Waals surface area contributed by atoms with Crippen molar-refractivity contribution in [3.05, 3.63) is 29.6 Å². The summed E-state index contributed by atoms with van der Waals surface area (Å²) in [5.74, 6) is 0.647. The van der Waals surface area contributed by atoms with E-state index in [2.05, 4.69) is 5.10 Å². The number of rotatable bonds is 2. The standard InChI is InChI=1S/C12H14FN3O/c1-7-11(15-16(2)12(7)14)9-5-4-8(17-3)6-10(9)13/h4-6H,14H2,1-3H3. The second-order valence-corrected chi connectivity index (χ2v) is 3.83. The minimum atomic E-state index is -0.370. The number of hydrogen-bond acceptors (Lipinski definition) is 3. The van der Waals surface area contributed by atoms with Gasteiger partial charge < -0.3 is 10.5 Å². The zero-order valence-corrected chi connectivity index (χ0v) is 9.99. The molecule has 2 aromatic rings. The monoisotopic (exact) mass is 235 g/mol. The SMILES string of the molecule is COc1ccc(-c2nn(C)c(N)c2C)c(F)c1. The number of ether oxygens (including phenoxy) is 1. The van der Waals surface area contributed by atoms with Crippen LogP contribution < -0.4 is 10.5 Å². The predicted octanol–water partition coefficient (Wildman–Crippen LogP) is 2.13. The number of hydrogen-bond donors (Lipinski definition) is 1. The van der Waals surface area contributed by atoms with E-state index < -0.39 is 0 Å². The zero-order valence-electron chi connectivity index (χ0n) is 9.99. The van der Waals surface area contributed by atoms with Crippen molar-refractivity contribution in [1.29, 1.82) is 0 Å². The molecule has 0 bridgehead atoms. The van der Waals surface area contributed by atoms with Crippen molar-refractivity contribution in [2.45, 2.75) is 6.92 Å². The van der Waals surface area contributed by atoms with Gasteiger partial charge in [0.05, 0.1) is 7.11 Å². The number of nitrogens with two attached hydrogens (primary N) is 1. The molecule has 0 spiro atoms. The highest BCUT2D eigenvalue weighted by Crippen LogP contribution is 2.29. The first-order chi connectivity index (χ1) is 8.04. The van der Waals surface area contributed by atoms with E-state index in [9.17, 15) is 4.39 Å². The van der Waals surface area contributed by atoms with Crippen LogP contribution in [-0.4, -0.2) is 16.9 Å². The summed E-state index contributed by atoms with van der Waals surface area (Å²) in [6, 6.07) is 4.67. The molecule has 0 saturated carbocycles. The summed E-state index contributed by atoms with van der Waals surface area (Å²) >= 11 is 0. The van der Waals surface area contributed by atoms with Crippen molar-refractivity contribution < 1.29 is 9.13 Å². The van der Waals surface area contributed by atoms with Crippen LogP contribution in [-0.2, 0) is 7.05 Å². The van der Waals surface area contributed by atoms with E-state index in [4.69, 9.17) is 10.5 Å². The molecule has 0 saturated heterocycles. The minimum Gasteiger partial charge on any atom is -0.497 e. The molecule has 4 nitrogen and oxygen atoms in total. The van der Waals surface area contributed by atoms with Gasteiger partial charge in [-0.25, -0.2) is 4.39 Å². The maximum absolute atomic E-state index is 13.9. The second-order valence-electron chi connectivity index (χ2n) is 3.83. The molecule has 0 radical (unpaired) electrons. The number of anilines is 1. The maximum Gasteiger partial charge on any atom is 0.136 e. The van der Waals surface area contributed by atoms with Crippen LogP contribution in [0, 0.1) is 12.7 Å². The number of aryl methyl sites for hydroxylation is 1. The van der Waals surface area contributed by atoms with E-state index in [1.165, 1.54) is 17.9 Å². The largest absolute Gasteiger partial charge is 0.497 e. The van der Waals surface area contributed by atoms with Gasteiger partial charge in [-0.3, -0.25) is 4.68 Å². The van der Waals surface area contributed by atoms with Crippen LogP contribution in [0.15, 0.2) is 18.2 Å². The van der Waals surface area contributed by atoms with Crippen LogP contribution in [0.3, 0.4) is 0 Å². The lowest BCUT2D eigenvalue weighted by molar-refractivity contribution is 0.411. The maximum atomic E-state index is 13.9. The Labute approximate surface area is 98.8 Å². The molecule has 1 aromatic carbocycles. The first-order valence-corrected chi connectivity index (χ1v) is 5.17. The molecule has 1 heterocycles. The van der Waals surface area contributed by atoms with Crippen LogP contribution in [0.25, 0.3) is 11.3 Å². The molecule has 0 amide bonds. The van der Waals surface area contributed by atoms with Gasteiger partial charge >= 0.3 is 0 Å². The fraction of sp³-hybridized carbons (Fsp3) is 0.250. The van der Waals surface area contributed by atoms with Gasteiger partial charge in [0.1, 0.15) is 23.1 Å². The lowest BCUT2D eigenvalue weighted by Gasteiger charge is -2.04. The Kier molecular flexibility index (Phi) is 2.75. The molecule has 90 valence electrons. The fourth-order valence-corrected chi connectivity index (χ4v) is 1.71. The second kappa shape index (κ2) is 4.08. The summed E-state index contributed by atoms with van der Waals surface area (Å²) in [5, 5.41) is 4.21. The summed E-state index contributed by atoms with van der Waals surface area (Å²) in [4.78, 5) is 0. The van der Waals surface area contributed by atoms with Crippen LogP contribution in [0.4, 0.5) is 10.2 Å². The van der Waals surface area contributed by atoms with Gasteiger partial charge in [-0.15, -0.1) is 0 Å². The molecule has 0 fully saturated rings. The molecule has 1 aromatic heterocycles. The molecule has 17 heavy (non-hydrogen) atoms. The normalized spacial score (nSPS) is 10.6. The van der Waals surface area contributed by atoms with E-state index in [-0.39, 0.29) is 5.82 Å². The summed E-state index contributed by atoms with van der Waals surface area (Å²) < 4.78 is 20.4. The van der Waals surface area contributed by atoms with E-state index in [0.717, 1.165) is 5.56 Å². The van der Waals surface area contributed by atoms with Gasteiger partial charge in [0, 0.05) is 24.2 Å². The lowest BCUT2D eigenvalue weighted by atomic mass is 10.1. The number of benzene rings is 1. The average Bonchev–Trinajstić information content (AvgIpc) is 2.57. The van der Waals surface area contributed by atoms with E-state index in [0.29, 0.717) is 22.8 Å². The number of nitrogens with zero attached hydrogens (tertiary/aromatic N) is 2. The van der Waals surface area contributed by atoms with Gasteiger partial charge in [0.2, 0.25) is 0 Å². The molecule has 0 aliphatic rings. The fourth-order valence-electron chi connectivity index (χ4n) is 1.71. The zero-order chi connectivity index (χ0) is 12.6. The Balaban J connectivity index is 2.57. The first-order valence-electron chi connectivity index (χ1n) is 5.17. The Bertz CT molecular complexity index is 563. The van der Waals surface area contributed by atoms with Gasteiger partial charge in [0.15, 0.2) is 0 Å². The van der Waals surface area contributed by atoms with Crippen molar-refractivity contribution in [2.24, 2.45) is 7.05 Å². The number of nitrogen functional groups attached to an aromatic ring is 1. The topological polar surface area (TPSA) is 53.1 Å². The first kappa shape index (κ1) is 11.4. The third kappa shape index (κ3) is 1.84. The average molecular weight is 235 g/mol. The summed E-state index contributed by atoms with van der Waals surface area (Å²) in [6.07, 6.45) is 0. The van der Waals surface area contributed by atoms with E-state index in [1.807, 2.05) is 6.92 Å². The summed E-state index contributed by atoms with van der Waals surface area (Å²) in [7, 11) is 3.23. The molecular formula is C12H14FN3O. The Morgan fingerprint density at radius 1 is 1.41 bits per heavy atom. The third-order valence-electron chi connectivity index (χ3n) is 2.77. The molecule has 2 rings (SSSR count). The third-order valence-corrected chi connectivity index (χ3v) is 2.77. The lowest BCUT2D eigenvalue weighted by Crippen LogP contribution is -1.97. The summed E-state index contributed by atoms with van der Waals surface area (Å²) in [5.41, 5.74) is 7.56. The molecule has 0 atom stereocenters. The molecule has 0 unspecified atom stereocenters. The van der Waals surface area contributed by atoms with Crippen molar-refractivity contribution in [3.63, 3.8) is 0 Å². The van der Waals surface area contributed by atoms with Crippen molar-refractivity contribution in [3.8, 4) is 17.0 Å². The Hall–Kier alpha value is -2.04. The molecule has 0 aliphatic heterocycles. The Morgan fingerprint density at radius 2 is 2.12 bits per heavy atom. The van der Waals surface area contributed by atoms with Gasteiger partial charge in [-0.2, -0.15) is 5.10 Å². The highest BCUT2D eigenvalue weighted by Gasteiger charge is 2.15. The quantitative estimate of drug-likeness (QED) is 0.867.